The Bertz CT molecular complexity index is 1070. The number of hydrogen-bond donors (Lipinski definition) is 1. The number of hydrogen-bond acceptors (Lipinski definition) is 6. The fourth-order valence-electron chi connectivity index (χ4n) is 3.16. The summed E-state index contributed by atoms with van der Waals surface area (Å²) in [5.41, 5.74) is 1.71. The second kappa shape index (κ2) is 7.14. The SMILES string of the molecule is Cc1ccc(Cl)c2sc(NC(=O)[C@H]3CCCN3S(=O)(=O)c3cccs3)nc12. The summed E-state index contributed by atoms with van der Waals surface area (Å²) in [6.07, 6.45) is 1.13. The number of fused-ring (bicyclic) bond motifs is 1. The van der Waals surface area contributed by atoms with E-state index in [0.717, 1.165) is 27.1 Å². The maximum Gasteiger partial charge on any atom is 0.253 e. The molecule has 4 rings (SSSR count). The van der Waals surface area contributed by atoms with Crippen molar-refractivity contribution < 1.29 is 13.2 Å². The lowest BCUT2D eigenvalue weighted by atomic mass is 10.2. The van der Waals surface area contributed by atoms with E-state index in [1.807, 2.05) is 13.0 Å². The minimum atomic E-state index is -3.67. The first kappa shape index (κ1) is 18.8. The van der Waals surface area contributed by atoms with Gasteiger partial charge in [-0.25, -0.2) is 13.4 Å². The molecule has 0 aliphatic carbocycles. The summed E-state index contributed by atoms with van der Waals surface area (Å²) in [6, 6.07) is 6.19. The van der Waals surface area contributed by atoms with Crippen molar-refractivity contribution in [2.45, 2.75) is 30.0 Å². The Hall–Kier alpha value is -1.52. The van der Waals surface area contributed by atoms with Crippen molar-refractivity contribution in [3.05, 3.63) is 40.2 Å². The third-order valence-corrected chi connectivity index (χ3v) is 9.20. The Balaban J connectivity index is 1.59. The van der Waals surface area contributed by atoms with E-state index in [2.05, 4.69) is 10.3 Å². The molecule has 10 heteroatoms. The summed E-state index contributed by atoms with van der Waals surface area (Å²) >= 11 is 8.66. The van der Waals surface area contributed by atoms with Crippen LogP contribution in [0, 0.1) is 6.92 Å². The van der Waals surface area contributed by atoms with Gasteiger partial charge < -0.3 is 5.32 Å². The smallest absolute Gasteiger partial charge is 0.253 e. The van der Waals surface area contributed by atoms with Crippen LogP contribution in [-0.4, -0.2) is 36.2 Å². The third-order valence-electron chi connectivity index (χ3n) is 4.49. The summed E-state index contributed by atoms with van der Waals surface area (Å²) < 4.78 is 28.0. The first-order valence-corrected chi connectivity index (χ1v) is 11.8. The van der Waals surface area contributed by atoms with Crippen molar-refractivity contribution >= 4 is 65.6 Å². The number of halogens is 1. The van der Waals surface area contributed by atoms with Gasteiger partial charge in [-0.3, -0.25) is 4.79 Å². The summed E-state index contributed by atoms with van der Waals surface area (Å²) in [4.78, 5) is 17.3. The lowest BCUT2D eigenvalue weighted by molar-refractivity contribution is -0.119. The number of nitrogens with one attached hydrogen (secondary N) is 1. The highest BCUT2D eigenvalue weighted by Crippen LogP contribution is 2.35. The number of anilines is 1. The lowest BCUT2D eigenvalue weighted by Gasteiger charge is -2.22. The third kappa shape index (κ3) is 3.38. The summed E-state index contributed by atoms with van der Waals surface area (Å²) in [5, 5.41) is 5.50. The number of sulfonamides is 1. The topological polar surface area (TPSA) is 79.4 Å². The van der Waals surface area contributed by atoms with Gasteiger partial charge in [-0.05, 0) is 42.8 Å². The minimum absolute atomic E-state index is 0.254. The van der Waals surface area contributed by atoms with Crippen LogP contribution in [0.15, 0.2) is 33.9 Å². The van der Waals surface area contributed by atoms with Crippen LogP contribution in [0.1, 0.15) is 18.4 Å². The molecule has 0 spiro atoms. The number of aryl methyl sites for hydroxylation is 1. The molecule has 1 fully saturated rings. The second-order valence-electron chi connectivity index (χ2n) is 6.26. The number of benzene rings is 1. The van der Waals surface area contributed by atoms with Gasteiger partial charge in [0.1, 0.15) is 10.3 Å². The molecular weight excluding hydrogens is 426 g/mol. The molecule has 2 aromatic heterocycles. The molecule has 6 nitrogen and oxygen atoms in total. The summed E-state index contributed by atoms with van der Waals surface area (Å²) in [7, 11) is -3.67. The van der Waals surface area contributed by atoms with Gasteiger partial charge in [-0.15, -0.1) is 11.3 Å². The van der Waals surface area contributed by atoms with Gasteiger partial charge >= 0.3 is 0 Å². The number of carbonyl (C=O) groups is 1. The van der Waals surface area contributed by atoms with Gasteiger partial charge in [0.15, 0.2) is 5.13 Å². The molecule has 0 bridgehead atoms. The van der Waals surface area contributed by atoms with E-state index in [9.17, 15) is 13.2 Å². The fourth-order valence-corrected chi connectivity index (χ4v) is 7.15. The van der Waals surface area contributed by atoms with Crippen LogP contribution in [0.25, 0.3) is 10.2 Å². The van der Waals surface area contributed by atoms with Crippen LogP contribution >= 0.6 is 34.3 Å². The molecular formula is C17H16ClN3O3S3. The predicted octanol–water partition coefficient (Wildman–Crippen LogP) is 4.11. The zero-order chi connectivity index (χ0) is 19.2. The normalized spacial score (nSPS) is 18.2. The molecule has 1 saturated heterocycles. The monoisotopic (exact) mass is 441 g/mol. The van der Waals surface area contributed by atoms with E-state index in [-0.39, 0.29) is 10.1 Å². The average molecular weight is 442 g/mol. The van der Waals surface area contributed by atoms with Gasteiger partial charge in [-0.2, -0.15) is 4.31 Å². The van der Waals surface area contributed by atoms with E-state index in [4.69, 9.17) is 11.6 Å². The lowest BCUT2D eigenvalue weighted by Crippen LogP contribution is -2.42. The molecule has 0 saturated carbocycles. The molecule has 1 aliphatic heterocycles. The maximum atomic E-state index is 12.8. The van der Waals surface area contributed by atoms with Gasteiger partial charge in [0.2, 0.25) is 5.91 Å². The number of thiazole rings is 1. The number of aromatic nitrogens is 1. The molecule has 0 radical (unpaired) electrons. The zero-order valence-corrected chi connectivity index (χ0v) is 17.5. The van der Waals surface area contributed by atoms with Gasteiger partial charge in [0.05, 0.1) is 15.2 Å². The van der Waals surface area contributed by atoms with Crippen LogP contribution in [0.4, 0.5) is 5.13 Å². The highest BCUT2D eigenvalue weighted by molar-refractivity contribution is 7.91. The molecule has 0 unspecified atom stereocenters. The van der Waals surface area contributed by atoms with E-state index >= 15 is 0 Å². The van der Waals surface area contributed by atoms with E-state index in [1.165, 1.54) is 15.6 Å². The number of carbonyl (C=O) groups excluding carboxylic acids is 1. The van der Waals surface area contributed by atoms with Crippen LogP contribution < -0.4 is 5.32 Å². The van der Waals surface area contributed by atoms with Crippen molar-refractivity contribution in [2.24, 2.45) is 0 Å². The van der Waals surface area contributed by atoms with Crippen molar-refractivity contribution in [3.8, 4) is 0 Å². The standard InChI is InChI=1S/C17H16ClN3O3S3/c1-10-6-7-11(18)15-14(10)19-17(26-15)20-16(22)12-4-2-8-21(12)27(23,24)13-5-3-9-25-13/h3,5-7,9,12H,2,4,8H2,1H3,(H,19,20,22)/t12-/m1/s1. The molecule has 1 aromatic carbocycles. The largest absolute Gasteiger partial charge is 0.301 e. The van der Waals surface area contributed by atoms with E-state index in [0.29, 0.717) is 29.5 Å². The quantitative estimate of drug-likeness (QED) is 0.660. The molecule has 1 N–H and O–H groups in total. The van der Waals surface area contributed by atoms with Crippen LogP contribution in [-0.2, 0) is 14.8 Å². The fraction of sp³-hybridized carbons (Fsp3) is 0.294. The Kier molecular flexibility index (Phi) is 4.98. The Morgan fingerprint density at radius 3 is 2.89 bits per heavy atom. The van der Waals surface area contributed by atoms with Crippen molar-refractivity contribution in [2.75, 3.05) is 11.9 Å². The molecule has 1 amide bonds. The van der Waals surface area contributed by atoms with Crippen LogP contribution in [0.3, 0.4) is 0 Å². The van der Waals surface area contributed by atoms with E-state index in [1.54, 1.807) is 23.6 Å². The molecule has 1 atom stereocenters. The van der Waals surface area contributed by atoms with Gasteiger partial charge in [-0.1, -0.05) is 35.1 Å². The first-order chi connectivity index (χ1) is 12.9. The van der Waals surface area contributed by atoms with E-state index < -0.39 is 16.1 Å². The van der Waals surface area contributed by atoms with Crippen LogP contribution in [0.5, 0.6) is 0 Å². The van der Waals surface area contributed by atoms with Crippen molar-refractivity contribution in [3.63, 3.8) is 0 Å². The highest BCUT2D eigenvalue weighted by Gasteiger charge is 2.40. The zero-order valence-electron chi connectivity index (χ0n) is 14.3. The number of thiophene rings is 1. The molecule has 3 aromatic rings. The summed E-state index contributed by atoms with van der Waals surface area (Å²) in [5.74, 6) is -0.361. The summed E-state index contributed by atoms with van der Waals surface area (Å²) in [6.45, 7) is 2.26. The van der Waals surface area contributed by atoms with Crippen molar-refractivity contribution in [1.82, 2.24) is 9.29 Å². The Morgan fingerprint density at radius 2 is 2.19 bits per heavy atom. The van der Waals surface area contributed by atoms with Gasteiger partial charge in [0.25, 0.3) is 10.0 Å². The first-order valence-electron chi connectivity index (χ1n) is 8.30. The molecule has 3 heterocycles. The second-order valence-corrected chi connectivity index (χ2v) is 10.7. The maximum absolute atomic E-state index is 12.8. The minimum Gasteiger partial charge on any atom is -0.301 e. The highest BCUT2D eigenvalue weighted by atomic mass is 35.5. The Morgan fingerprint density at radius 1 is 1.37 bits per heavy atom. The molecule has 27 heavy (non-hydrogen) atoms. The molecule has 1 aliphatic rings. The number of rotatable bonds is 4. The molecule has 142 valence electrons. The van der Waals surface area contributed by atoms with Crippen LogP contribution in [0.2, 0.25) is 5.02 Å². The number of nitrogens with zero attached hydrogens (tertiary/aromatic N) is 2. The predicted molar refractivity (Wildman–Crippen MR) is 109 cm³/mol. The van der Waals surface area contributed by atoms with Crippen molar-refractivity contribution in [1.29, 1.82) is 0 Å². The number of amides is 1. The van der Waals surface area contributed by atoms with Gasteiger partial charge in [0, 0.05) is 6.54 Å². The average Bonchev–Trinajstić information content (AvgIpc) is 3.38. The Labute approximate surface area is 169 Å².